The molecule has 0 aliphatic heterocycles. The standard InChI is InChI=1S/C10H13O/c1-2-3-4-9-5-7-10(11)8-6-9/h2,5-8,11H,3-4H2,1H3. The van der Waals surface area contributed by atoms with Crippen molar-refractivity contribution >= 4 is 0 Å². The summed E-state index contributed by atoms with van der Waals surface area (Å²) >= 11 is 0. The van der Waals surface area contributed by atoms with Crippen LogP contribution in [0.15, 0.2) is 24.3 Å². The van der Waals surface area contributed by atoms with Gasteiger partial charge in [-0.3, -0.25) is 0 Å². The van der Waals surface area contributed by atoms with Crippen LogP contribution < -0.4 is 0 Å². The molecule has 1 rings (SSSR count). The molecule has 11 heavy (non-hydrogen) atoms. The Morgan fingerprint density at radius 2 is 1.91 bits per heavy atom. The highest BCUT2D eigenvalue weighted by atomic mass is 16.3. The Balaban J connectivity index is 2.52. The topological polar surface area (TPSA) is 20.2 Å². The Kier molecular flexibility index (Phi) is 2.96. The van der Waals surface area contributed by atoms with E-state index in [1.54, 1.807) is 12.1 Å². The van der Waals surface area contributed by atoms with Crippen molar-refractivity contribution in [2.24, 2.45) is 0 Å². The largest absolute Gasteiger partial charge is 0.508 e. The summed E-state index contributed by atoms with van der Waals surface area (Å²) in [5.41, 5.74) is 1.28. The van der Waals surface area contributed by atoms with Gasteiger partial charge in [0.1, 0.15) is 5.75 Å². The fourth-order valence-electron chi connectivity index (χ4n) is 0.974. The highest BCUT2D eigenvalue weighted by molar-refractivity contribution is 5.25. The normalized spacial score (nSPS) is 9.91. The molecule has 1 aromatic carbocycles. The van der Waals surface area contributed by atoms with Gasteiger partial charge in [-0.2, -0.15) is 0 Å². The molecule has 0 aromatic heterocycles. The zero-order valence-corrected chi connectivity index (χ0v) is 6.75. The minimum Gasteiger partial charge on any atom is -0.508 e. The molecule has 1 aromatic rings. The number of phenolic OH excluding ortho intramolecular Hbond substituents is 1. The van der Waals surface area contributed by atoms with Crippen LogP contribution in [-0.2, 0) is 6.42 Å². The van der Waals surface area contributed by atoms with Crippen molar-refractivity contribution in [1.29, 1.82) is 0 Å². The van der Waals surface area contributed by atoms with Gasteiger partial charge in [-0.25, -0.2) is 0 Å². The molecule has 0 saturated carbocycles. The van der Waals surface area contributed by atoms with E-state index in [0.29, 0.717) is 5.75 Å². The Bertz CT molecular complexity index is 201. The van der Waals surface area contributed by atoms with Gasteiger partial charge in [-0.1, -0.05) is 19.1 Å². The maximum absolute atomic E-state index is 8.97. The predicted octanol–water partition coefficient (Wildman–Crippen LogP) is 2.55. The summed E-state index contributed by atoms with van der Waals surface area (Å²) in [6.07, 6.45) is 4.31. The van der Waals surface area contributed by atoms with Crippen LogP contribution in [0.3, 0.4) is 0 Å². The van der Waals surface area contributed by atoms with Crippen molar-refractivity contribution < 1.29 is 5.11 Å². The van der Waals surface area contributed by atoms with Crippen molar-refractivity contribution in [3.05, 3.63) is 36.2 Å². The second kappa shape index (κ2) is 4.02. The van der Waals surface area contributed by atoms with Gasteiger partial charge in [0.05, 0.1) is 0 Å². The second-order valence-electron chi connectivity index (χ2n) is 2.61. The molecule has 0 atom stereocenters. The third-order valence-corrected chi connectivity index (χ3v) is 1.66. The maximum Gasteiger partial charge on any atom is 0.115 e. The molecule has 0 unspecified atom stereocenters. The first-order chi connectivity index (χ1) is 5.33. The number of phenols is 1. The number of aromatic hydroxyl groups is 1. The minimum absolute atomic E-state index is 0.342. The van der Waals surface area contributed by atoms with E-state index in [1.807, 2.05) is 12.1 Å². The van der Waals surface area contributed by atoms with E-state index >= 15 is 0 Å². The zero-order chi connectivity index (χ0) is 8.10. The molecule has 1 radical (unpaired) electrons. The molecule has 0 fully saturated rings. The minimum atomic E-state index is 0.342. The van der Waals surface area contributed by atoms with Crippen molar-refractivity contribution in [2.75, 3.05) is 0 Å². The quantitative estimate of drug-likeness (QED) is 0.700. The SMILES string of the molecule is C[CH]CCc1ccc(O)cc1. The van der Waals surface area contributed by atoms with E-state index in [2.05, 4.69) is 13.3 Å². The smallest absolute Gasteiger partial charge is 0.115 e. The predicted molar refractivity (Wildman–Crippen MR) is 46.4 cm³/mol. The first kappa shape index (κ1) is 8.12. The fourth-order valence-corrected chi connectivity index (χ4v) is 0.974. The highest BCUT2D eigenvalue weighted by Gasteiger charge is 1.91. The van der Waals surface area contributed by atoms with Gasteiger partial charge in [0.2, 0.25) is 0 Å². The van der Waals surface area contributed by atoms with E-state index < -0.39 is 0 Å². The first-order valence-electron chi connectivity index (χ1n) is 3.88. The van der Waals surface area contributed by atoms with Crippen LogP contribution in [0.1, 0.15) is 18.9 Å². The van der Waals surface area contributed by atoms with E-state index in [0.717, 1.165) is 12.8 Å². The van der Waals surface area contributed by atoms with Crippen molar-refractivity contribution in [3.8, 4) is 5.75 Å². The van der Waals surface area contributed by atoms with Gasteiger partial charge in [0.15, 0.2) is 0 Å². The lowest BCUT2D eigenvalue weighted by atomic mass is 10.1. The average molecular weight is 149 g/mol. The van der Waals surface area contributed by atoms with Crippen molar-refractivity contribution in [1.82, 2.24) is 0 Å². The van der Waals surface area contributed by atoms with Gasteiger partial charge < -0.3 is 5.11 Å². The summed E-state index contributed by atoms with van der Waals surface area (Å²) in [6.45, 7) is 2.06. The maximum atomic E-state index is 8.97. The molecular formula is C10H13O. The highest BCUT2D eigenvalue weighted by Crippen LogP contribution is 2.11. The third kappa shape index (κ3) is 2.62. The molecule has 59 valence electrons. The summed E-state index contributed by atoms with van der Waals surface area (Å²) in [7, 11) is 0. The lowest BCUT2D eigenvalue weighted by Gasteiger charge is -1.98. The summed E-state index contributed by atoms with van der Waals surface area (Å²) in [5.74, 6) is 0.342. The molecule has 1 N–H and O–H groups in total. The fraction of sp³-hybridized carbons (Fsp3) is 0.300. The van der Waals surface area contributed by atoms with E-state index in [4.69, 9.17) is 5.11 Å². The second-order valence-corrected chi connectivity index (χ2v) is 2.61. The number of hydrogen-bond acceptors (Lipinski definition) is 1. The van der Waals surface area contributed by atoms with Crippen LogP contribution in [0.5, 0.6) is 5.75 Å². The number of rotatable bonds is 3. The van der Waals surface area contributed by atoms with Crippen LogP contribution in [-0.4, -0.2) is 5.11 Å². The third-order valence-electron chi connectivity index (χ3n) is 1.66. The van der Waals surface area contributed by atoms with Gasteiger partial charge >= 0.3 is 0 Å². The first-order valence-corrected chi connectivity index (χ1v) is 3.88. The Morgan fingerprint density at radius 1 is 1.27 bits per heavy atom. The monoisotopic (exact) mass is 149 g/mol. The van der Waals surface area contributed by atoms with Crippen LogP contribution in [0, 0.1) is 6.42 Å². The lowest BCUT2D eigenvalue weighted by Crippen LogP contribution is -1.82. The van der Waals surface area contributed by atoms with Gasteiger partial charge in [-0.05, 0) is 37.0 Å². The molecule has 1 heteroatoms. The van der Waals surface area contributed by atoms with E-state index in [9.17, 15) is 0 Å². The van der Waals surface area contributed by atoms with Gasteiger partial charge in [0.25, 0.3) is 0 Å². The summed E-state index contributed by atoms with van der Waals surface area (Å²) < 4.78 is 0. The Hall–Kier alpha value is -0.980. The molecule has 0 aliphatic carbocycles. The molecule has 0 spiro atoms. The molecule has 0 aliphatic rings. The Morgan fingerprint density at radius 3 is 2.45 bits per heavy atom. The van der Waals surface area contributed by atoms with Gasteiger partial charge in [-0.15, -0.1) is 0 Å². The molecule has 0 bridgehead atoms. The molecule has 1 nitrogen and oxygen atoms in total. The van der Waals surface area contributed by atoms with Gasteiger partial charge in [0, 0.05) is 0 Å². The van der Waals surface area contributed by atoms with E-state index in [1.165, 1.54) is 5.56 Å². The molecule has 0 heterocycles. The Labute approximate surface area is 67.7 Å². The van der Waals surface area contributed by atoms with Crippen LogP contribution in [0.4, 0.5) is 0 Å². The van der Waals surface area contributed by atoms with Crippen LogP contribution in [0.2, 0.25) is 0 Å². The summed E-state index contributed by atoms with van der Waals surface area (Å²) in [6, 6.07) is 7.37. The van der Waals surface area contributed by atoms with E-state index in [-0.39, 0.29) is 0 Å². The number of hydrogen-bond donors (Lipinski definition) is 1. The molecular weight excluding hydrogens is 136 g/mol. The van der Waals surface area contributed by atoms with Crippen molar-refractivity contribution in [3.63, 3.8) is 0 Å². The summed E-state index contributed by atoms with van der Waals surface area (Å²) in [4.78, 5) is 0. The molecule has 0 amide bonds. The van der Waals surface area contributed by atoms with Crippen LogP contribution in [0.25, 0.3) is 0 Å². The van der Waals surface area contributed by atoms with Crippen molar-refractivity contribution in [2.45, 2.75) is 19.8 Å². The van der Waals surface area contributed by atoms with Crippen LogP contribution >= 0.6 is 0 Å². The number of unbranched alkanes of at least 4 members (excludes halogenated alkanes) is 1. The zero-order valence-electron chi connectivity index (χ0n) is 6.75. The number of benzene rings is 1. The molecule has 0 saturated heterocycles. The lowest BCUT2D eigenvalue weighted by molar-refractivity contribution is 0.475. The summed E-state index contributed by atoms with van der Waals surface area (Å²) in [5, 5.41) is 8.97. The number of aryl methyl sites for hydroxylation is 1. The average Bonchev–Trinajstić information content (AvgIpc) is 2.04.